The first-order chi connectivity index (χ1) is 9.80. The van der Waals surface area contributed by atoms with Crippen LogP contribution in [0, 0.1) is 0 Å². The van der Waals surface area contributed by atoms with E-state index >= 15 is 0 Å². The highest BCUT2D eigenvalue weighted by atomic mass is 16.5. The van der Waals surface area contributed by atoms with Crippen molar-refractivity contribution < 1.29 is 4.74 Å². The number of nitrogens with zero attached hydrogens (tertiary/aromatic N) is 2. The summed E-state index contributed by atoms with van der Waals surface area (Å²) < 4.78 is 5.82. The fourth-order valence-corrected chi connectivity index (χ4v) is 2.34. The molecule has 2 rings (SSSR count). The van der Waals surface area contributed by atoms with Crippen molar-refractivity contribution in [1.29, 1.82) is 0 Å². The van der Waals surface area contributed by atoms with Crippen LogP contribution in [0.3, 0.4) is 0 Å². The van der Waals surface area contributed by atoms with Crippen molar-refractivity contribution in [2.24, 2.45) is 0 Å². The highest BCUT2D eigenvalue weighted by molar-refractivity contribution is 5.73. The minimum absolute atomic E-state index is 0.666. The van der Waals surface area contributed by atoms with E-state index in [1.54, 1.807) is 0 Å². The van der Waals surface area contributed by atoms with Crippen LogP contribution >= 0.6 is 0 Å². The van der Waals surface area contributed by atoms with Gasteiger partial charge in [0.15, 0.2) is 0 Å². The number of aromatic nitrogens is 1. The van der Waals surface area contributed by atoms with E-state index in [1.165, 1.54) is 5.69 Å². The van der Waals surface area contributed by atoms with Gasteiger partial charge in [0.2, 0.25) is 0 Å². The minimum Gasteiger partial charge on any atom is -0.493 e. The molecule has 20 heavy (non-hydrogen) atoms. The Morgan fingerprint density at radius 3 is 2.30 bits per heavy atom. The van der Waals surface area contributed by atoms with Gasteiger partial charge >= 0.3 is 0 Å². The van der Waals surface area contributed by atoms with Crippen molar-refractivity contribution >= 4 is 5.69 Å². The van der Waals surface area contributed by atoms with Gasteiger partial charge in [0.1, 0.15) is 5.75 Å². The van der Waals surface area contributed by atoms with E-state index in [0.717, 1.165) is 30.0 Å². The summed E-state index contributed by atoms with van der Waals surface area (Å²) in [7, 11) is 0. The zero-order valence-electron chi connectivity index (χ0n) is 12.5. The molecule has 0 N–H and O–H groups in total. The molecule has 0 saturated heterocycles. The quantitative estimate of drug-likeness (QED) is 0.793. The molecule has 2 aromatic rings. The second kappa shape index (κ2) is 6.94. The van der Waals surface area contributed by atoms with Gasteiger partial charge in [-0.1, -0.05) is 0 Å². The average Bonchev–Trinajstić information content (AvgIpc) is 2.50. The van der Waals surface area contributed by atoms with Gasteiger partial charge in [-0.05, 0) is 50.6 Å². The van der Waals surface area contributed by atoms with E-state index < -0.39 is 0 Å². The van der Waals surface area contributed by atoms with Crippen molar-refractivity contribution in [3.8, 4) is 16.9 Å². The van der Waals surface area contributed by atoms with Crippen LogP contribution < -0.4 is 9.64 Å². The highest BCUT2D eigenvalue weighted by Crippen LogP contribution is 2.33. The third-order valence-electron chi connectivity index (χ3n) is 3.38. The molecule has 1 heterocycles. The van der Waals surface area contributed by atoms with E-state index in [4.69, 9.17) is 4.74 Å². The van der Waals surface area contributed by atoms with Gasteiger partial charge in [-0.3, -0.25) is 4.98 Å². The minimum atomic E-state index is 0.666. The summed E-state index contributed by atoms with van der Waals surface area (Å²) in [6.07, 6.45) is 3.62. The maximum absolute atomic E-state index is 5.82. The fourth-order valence-electron chi connectivity index (χ4n) is 2.34. The maximum atomic E-state index is 5.82. The first-order valence-corrected chi connectivity index (χ1v) is 7.22. The van der Waals surface area contributed by atoms with Crippen molar-refractivity contribution in [1.82, 2.24) is 4.98 Å². The van der Waals surface area contributed by atoms with E-state index in [2.05, 4.69) is 41.9 Å². The SMILES string of the molecule is CCOc1cc(N(CC)CC)ccc1-c1ccncc1. The Balaban J connectivity index is 2.43. The lowest BCUT2D eigenvalue weighted by Gasteiger charge is -2.22. The Morgan fingerprint density at radius 2 is 1.70 bits per heavy atom. The second-order valence-corrected chi connectivity index (χ2v) is 4.52. The van der Waals surface area contributed by atoms with Gasteiger partial charge in [-0.15, -0.1) is 0 Å². The Morgan fingerprint density at radius 1 is 1.00 bits per heavy atom. The molecule has 0 aliphatic heterocycles. The first kappa shape index (κ1) is 14.4. The highest BCUT2D eigenvalue weighted by Gasteiger charge is 2.10. The van der Waals surface area contributed by atoms with Gasteiger partial charge in [-0.2, -0.15) is 0 Å². The summed E-state index contributed by atoms with van der Waals surface area (Å²) in [5.74, 6) is 0.933. The van der Waals surface area contributed by atoms with E-state index in [1.807, 2.05) is 31.5 Å². The summed E-state index contributed by atoms with van der Waals surface area (Å²) >= 11 is 0. The number of ether oxygens (including phenoxy) is 1. The number of hydrogen-bond acceptors (Lipinski definition) is 3. The topological polar surface area (TPSA) is 25.4 Å². The van der Waals surface area contributed by atoms with Crippen LogP contribution in [-0.2, 0) is 0 Å². The molecule has 0 saturated carbocycles. The molecule has 1 aromatic carbocycles. The molecule has 0 radical (unpaired) electrons. The Labute approximate surface area is 121 Å². The van der Waals surface area contributed by atoms with Gasteiger partial charge < -0.3 is 9.64 Å². The first-order valence-electron chi connectivity index (χ1n) is 7.22. The van der Waals surface area contributed by atoms with Crippen LogP contribution in [0.5, 0.6) is 5.75 Å². The third kappa shape index (κ3) is 3.10. The number of benzene rings is 1. The van der Waals surface area contributed by atoms with Crippen LogP contribution in [0.25, 0.3) is 11.1 Å². The van der Waals surface area contributed by atoms with Crippen LogP contribution in [0.4, 0.5) is 5.69 Å². The predicted molar refractivity (Wildman–Crippen MR) is 84.4 cm³/mol. The van der Waals surface area contributed by atoms with Crippen molar-refractivity contribution in [3.63, 3.8) is 0 Å². The van der Waals surface area contributed by atoms with Crippen molar-refractivity contribution in [2.45, 2.75) is 20.8 Å². The summed E-state index contributed by atoms with van der Waals surface area (Å²) in [4.78, 5) is 6.39. The molecule has 3 nitrogen and oxygen atoms in total. The second-order valence-electron chi connectivity index (χ2n) is 4.52. The normalized spacial score (nSPS) is 10.3. The molecule has 0 spiro atoms. The molecular formula is C17H22N2O. The number of rotatable bonds is 6. The molecule has 0 aliphatic rings. The fraction of sp³-hybridized carbons (Fsp3) is 0.353. The Kier molecular flexibility index (Phi) is 4.99. The maximum Gasteiger partial charge on any atom is 0.129 e. The molecule has 0 unspecified atom stereocenters. The summed E-state index contributed by atoms with van der Waals surface area (Å²) in [5, 5.41) is 0. The van der Waals surface area contributed by atoms with Crippen LogP contribution in [-0.4, -0.2) is 24.7 Å². The van der Waals surface area contributed by atoms with Crippen LogP contribution in [0.1, 0.15) is 20.8 Å². The summed E-state index contributed by atoms with van der Waals surface area (Å²) in [5.41, 5.74) is 3.45. The Bertz CT molecular complexity index is 536. The van der Waals surface area contributed by atoms with Gasteiger partial charge in [0.05, 0.1) is 6.61 Å². The molecule has 106 valence electrons. The van der Waals surface area contributed by atoms with Gasteiger partial charge in [0, 0.05) is 42.8 Å². The molecule has 0 bridgehead atoms. The molecule has 1 aromatic heterocycles. The average molecular weight is 270 g/mol. The molecular weight excluding hydrogens is 248 g/mol. The monoisotopic (exact) mass is 270 g/mol. The molecule has 0 amide bonds. The van der Waals surface area contributed by atoms with Crippen LogP contribution in [0.15, 0.2) is 42.7 Å². The lowest BCUT2D eigenvalue weighted by Crippen LogP contribution is -2.21. The molecule has 0 atom stereocenters. The zero-order valence-corrected chi connectivity index (χ0v) is 12.5. The van der Waals surface area contributed by atoms with Crippen molar-refractivity contribution in [3.05, 3.63) is 42.7 Å². The molecule has 3 heteroatoms. The summed E-state index contributed by atoms with van der Waals surface area (Å²) in [6.45, 7) is 9.01. The summed E-state index contributed by atoms with van der Waals surface area (Å²) in [6, 6.07) is 10.4. The van der Waals surface area contributed by atoms with E-state index in [9.17, 15) is 0 Å². The lowest BCUT2D eigenvalue weighted by atomic mass is 10.1. The van der Waals surface area contributed by atoms with Gasteiger partial charge in [0.25, 0.3) is 0 Å². The smallest absolute Gasteiger partial charge is 0.129 e. The standard InChI is InChI=1S/C17H22N2O/c1-4-19(5-2)15-7-8-16(17(13-15)20-6-3)14-9-11-18-12-10-14/h7-13H,4-6H2,1-3H3. The molecule has 0 fully saturated rings. The number of hydrogen-bond donors (Lipinski definition) is 0. The van der Waals surface area contributed by atoms with E-state index in [-0.39, 0.29) is 0 Å². The third-order valence-corrected chi connectivity index (χ3v) is 3.38. The van der Waals surface area contributed by atoms with E-state index in [0.29, 0.717) is 6.61 Å². The van der Waals surface area contributed by atoms with Gasteiger partial charge in [-0.25, -0.2) is 0 Å². The van der Waals surface area contributed by atoms with Crippen LogP contribution in [0.2, 0.25) is 0 Å². The van der Waals surface area contributed by atoms with Crippen molar-refractivity contribution in [2.75, 3.05) is 24.6 Å². The number of anilines is 1. The zero-order chi connectivity index (χ0) is 14.4. The number of pyridine rings is 1. The largest absolute Gasteiger partial charge is 0.493 e. The predicted octanol–water partition coefficient (Wildman–Crippen LogP) is 3.99. The Hall–Kier alpha value is -2.03. The molecule has 0 aliphatic carbocycles. The lowest BCUT2D eigenvalue weighted by molar-refractivity contribution is 0.341.